The second kappa shape index (κ2) is 41.0. The van der Waals surface area contributed by atoms with Gasteiger partial charge in [0.25, 0.3) is 0 Å². The highest BCUT2D eigenvalue weighted by atomic mass is 32.2. The van der Waals surface area contributed by atoms with E-state index in [-0.39, 0.29) is 70.2 Å². The molecule has 0 unspecified atom stereocenters. The zero-order valence-electron chi connectivity index (χ0n) is 62.4. The summed E-state index contributed by atoms with van der Waals surface area (Å²) in [6.45, 7) is 6.88. The number of rotatable bonds is 20. The van der Waals surface area contributed by atoms with Gasteiger partial charge in [-0.25, -0.2) is 0 Å². The van der Waals surface area contributed by atoms with Crippen molar-refractivity contribution >= 4 is 127 Å². The Kier molecular flexibility index (Phi) is 31.6. The molecule has 4 heterocycles. The molecule has 0 bridgehead atoms. The van der Waals surface area contributed by atoms with E-state index in [0.717, 1.165) is 27.4 Å². The van der Waals surface area contributed by atoms with Crippen molar-refractivity contribution in [3.63, 3.8) is 0 Å². The maximum atomic E-state index is 15.0. The number of fused-ring (bicyclic) bond motifs is 4. The first-order chi connectivity index (χ1) is 52.7. The fourth-order valence-electron chi connectivity index (χ4n) is 13.3. The van der Waals surface area contributed by atoms with E-state index in [9.17, 15) is 63.0 Å². The van der Waals surface area contributed by atoms with Crippen LogP contribution >= 0.6 is 11.8 Å². The van der Waals surface area contributed by atoms with Gasteiger partial charge in [-0.05, 0) is 96.5 Å². The predicted octanol–water partition coefficient (Wildman–Crippen LogP) is 0.506. The number of hydrogen-bond acceptors (Lipinski definition) is 17. The predicted molar refractivity (Wildman–Crippen MR) is 411 cm³/mol. The summed E-state index contributed by atoms with van der Waals surface area (Å²) in [5.41, 5.74) is 14.9. The number of nitrogens with zero attached hydrogens (tertiary/aromatic N) is 1. The van der Waals surface area contributed by atoms with Crippen molar-refractivity contribution in [3.05, 3.63) is 120 Å². The number of nitrogens with two attached hydrogens (primary N) is 2. The molecule has 8 rings (SSSR count). The third-order valence-corrected chi connectivity index (χ3v) is 20.8. The first-order valence-corrected chi connectivity index (χ1v) is 38.4. The zero-order chi connectivity index (χ0) is 79.7. The van der Waals surface area contributed by atoms with E-state index in [0.29, 0.717) is 64.2 Å². The molecule has 2 fully saturated rings. The average Bonchev–Trinajstić information content (AvgIpc) is 1.48. The number of carbonyl (C=O) groups is 14. The quantitative estimate of drug-likeness (QED) is 0.0463. The van der Waals surface area contributed by atoms with Crippen molar-refractivity contribution < 1.29 is 77.3 Å². The van der Waals surface area contributed by atoms with Crippen LogP contribution in [-0.2, 0) is 86.4 Å². The van der Waals surface area contributed by atoms with E-state index < -0.39 is 186 Å². The molecular formula is C77H102N16O16S. The number of aliphatic hydroxyl groups is 1. The first kappa shape index (κ1) is 84.7. The van der Waals surface area contributed by atoms with Crippen molar-refractivity contribution in [2.24, 2.45) is 23.3 Å². The summed E-state index contributed by atoms with van der Waals surface area (Å²) >= 11 is 0.878. The van der Waals surface area contributed by atoms with Gasteiger partial charge in [-0.15, -0.1) is 11.8 Å². The van der Waals surface area contributed by atoms with Crippen LogP contribution < -0.4 is 70.0 Å². The van der Waals surface area contributed by atoms with Crippen LogP contribution in [-0.4, -0.2) is 212 Å². The molecule has 0 saturated carbocycles. The van der Waals surface area contributed by atoms with Crippen LogP contribution in [0.25, 0.3) is 32.6 Å². The van der Waals surface area contributed by atoms with Gasteiger partial charge in [0.2, 0.25) is 76.8 Å². The molecule has 2 saturated heterocycles. The van der Waals surface area contributed by atoms with Gasteiger partial charge in [-0.3, -0.25) is 67.1 Å². The molecule has 32 nitrogen and oxygen atoms in total. The Labute approximate surface area is 640 Å². The number of aromatic amines is 2. The van der Waals surface area contributed by atoms with Gasteiger partial charge in [0.1, 0.15) is 66.5 Å². The number of amides is 13. The molecule has 2 aliphatic rings. The number of thioether (sulfide) groups is 1. The van der Waals surface area contributed by atoms with Gasteiger partial charge in [0.15, 0.2) is 0 Å². The number of primary amides is 1. The minimum Gasteiger partial charge on any atom is -0.481 e. The second-order valence-electron chi connectivity index (χ2n) is 28.3. The van der Waals surface area contributed by atoms with E-state index in [1.54, 1.807) is 88.6 Å². The van der Waals surface area contributed by atoms with Gasteiger partial charge in [-0.1, -0.05) is 133 Å². The highest BCUT2D eigenvalue weighted by molar-refractivity contribution is 8.00. The van der Waals surface area contributed by atoms with E-state index in [2.05, 4.69) is 68.5 Å². The summed E-state index contributed by atoms with van der Waals surface area (Å²) in [7, 11) is 0. The number of carbonyl (C=O) groups excluding carboxylic acids is 13. The van der Waals surface area contributed by atoms with Gasteiger partial charge in [0, 0.05) is 65.8 Å². The Morgan fingerprint density at radius 2 is 1.07 bits per heavy atom. The Morgan fingerprint density at radius 1 is 0.555 bits per heavy atom. The monoisotopic (exact) mass is 1540 g/mol. The molecule has 592 valence electrons. The van der Waals surface area contributed by atoms with Crippen LogP contribution in [0.4, 0.5) is 0 Å². The summed E-state index contributed by atoms with van der Waals surface area (Å²) in [6.07, 6.45) is 3.80. The van der Waals surface area contributed by atoms with Crippen molar-refractivity contribution in [3.8, 4) is 0 Å². The number of carboxylic acids is 1. The Bertz CT molecular complexity index is 4300. The molecule has 2 aromatic heterocycles. The number of hydrogen-bond donors (Lipinski definition) is 17. The Hall–Kier alpha value is -10.9. The van der Waals surface area contributed by atoms with Gasteiger partial charge in [0.05, 0.1) is 25.3 Å². The summed E-state index contributed by atoms with van der Waals surface area (Å²) in [5.74, 6) is -15.3. The molecule has 13 amide bonds. The largest absolute Gasteiger partial charge is 0.481 e. The van der Waals surface area contributed by atoms with Crippen LogP contribution in [0.2, 0.25) is 0 Å². The molecule has 19 N–H and O–H groups in total. The van der Waals surface area contributed by atoms with E-state index in [1.807, 2.05) is 49.4 Å². The third kappa shape index (κ3) is 23.5. The number of para-hydroxylation sites is 2. The Balaban J connectivity index is 1.14. The van der Waals surface area contributed by atoms with Crippen LogP contribution in [0, 0.1) is 11.8 Å². The summed E-state index contributed by atoms with van der Waals surface area (Å²) in [6, 6.07) is 10.8. The molecule has 33 heteroatoms. The molecule has 12 atom stereocenters. The normalized spacial score (nSPS) is 24.0. The minimum absolute atomic E-state index is 0.00314. The summed E-state index contributed by atoms with van der Waals surface area (Å²) in [4.78, 5) is 208. The van der Waals surface area contributed by atoms with Gasteiger partial charge < -0.3 is 95.0 Å². The number of aliphatic hydroxyl groups excluding tert-OH is 1. The molecule has 6 aromatic rings. The lowest BCUT2D eigenvalue weighted by Gasteiger charge is -2.29. The van der Waals surface area contributed by atoms with Crippen molar-refractivity contribution in [2.45, 2.75) is 185 Å². The number of H-pyrrole nitrogens is 2. The molecule has 4 aromatic carbocycles. The zero-order valence-corrected chi connectivity index (χ0v) is 63.2. The average molecular weight is 1540 g/mol. The second-order valence-corrected chi connectivity index (χ2v) is 29.3. The van der Waals surface area contributed by atoms with Crippen LogP contribution in [0.5, 0.6) is 0 Å². The first-order valence-electron chi connectivity index (χ1n) is 37.3. The molecule has 0 aliphatic carbocycles. The molecular weight excluding hydrogens is 1440 g/mol. The lowest BCUT2D eigenvalue weighted by atomic mass is 9.96. The minimum atomic E-state index is -1.88. The summed E-state index contributed by atoms with van der Waals surface area (Å²) < 4.78 is 0. The number of nitrogens with one attached hydrogen (secondary N) is 13. The van der Waals surface area contributed by atoms with E-state index in [1.165, 1.54) is 0 Å². The maximum Gasteiger partial charge on any atom is 0.305 e. The molecule has 110 heavy (non-hydrogen) atoms. The lowest BCUT2D eigenvalue weighted by Crippen LogP contribution is -2.61. The van der Waals surface area contributed by atoms with Crippen molar-refractivity contribution in [1.29, 1.82) is 0 Å². The van der Waals surface area contributed by atoms with Crippen LogP contribution in [0.1, 0.15) is 116 Å². The van der Waals surface area contributed by atoms with E-state index in [4.69, 9.17) is 11.5 Å². The molecule has 2 aliphatic heterocycles. The number of aromatic nitrogens is 2. The number of carboxylic acid groups (broad SMARTS) is 1. The van der Waals surface area contributed by atoms with Crippen molar-refractivity contribution in [1.82, 2.24) is 73.4 Å². The Morgan fingerprint density at radius 3 is 1.65 bits per heavy atom. The fraction of sp³-hybridized carbons (Fsp3) is 0.481. The van der Waals surface area contributed by atoms with Crippen LogP contribution in [0.15, 0.2) is 103 Å². The standard InChI is InChI=1S/C77H102N16O16S/c1-6-8-22-53-69(101)84-54(25-15-16-29-78)70(102)86-57(34-48-37-81-52-24-14-12-21-50(48)52)74(106)91-65(42(3)4)76(108)90-60(67(79)99)40-110-41-62(95)83-55(32-44-27-28-45-18-9-10-19-46(45)31-44)73(105)92-66(43(5)7-2)77(109)89-59(39-94)68(100)82-38-63(96)93-30-17-26-61(93)75(107)88-58(35-64(97)98)72(104)87-56(71(103)85-53)33-47-36-80-51-23-13-11-20-49(47)51/h9-14,18-21,23-24,27-28,31,36-37,42-43,53-61,65-66,80-81,94H,6-8,15-17,22,25-26,29-30,32-35,38-41,78H2,1-5H3,(H2,79,99)(H,82,100)(H,83,95)(H,84,101)(H,85,103)(H,86,102)(H,87,104)(H,88,107)(H,89,109)(H,90,108)(H,91,106)(H,92,105)(H,97,98)/t43-,53-,54-,55-,56-,57-,58-,59-,60-,61-,65-,66-/m0/s1. The topological polar surface area (TPSA) is 499 Å². The van der Waals surface area contributed by atoms with Crippen molar-refractivity contribution in [2.75, 3.05) is 37.7 Å². The molecule has 0 radical (unpaired) electrons. The number of unbranched alkanes of at least 4 members (excludes halogenated alkanes) is 2. The lowest BCUT2D eigenvalue weighted by molar-refractivity contribution is -0.143. The highest BCUT2D eigenvalue weighted by Gasteiger charge is 2.41. The summed E-state index contributed by atoms with van der Waals surface area (Å²) in [5, 5.41) is 52.9. The van der Waals surface area contributed by atoms with Gasteiger partial charge >= 0.3 is 5.97 Å². The fourth-order valence-corrected chi connectivity index (χ4v) is 14.2. The number of aliphatic carboxylic acids is 1. The molecule has 0 spiro atoms. The van der Waals surface area contributed by atoms with Gasteiger partial charge in [-0.2, -0.15) is 0 Å². The highest BCUT2D eigenvalue weighted by Crippen LogP contribution is 2.24. The third-order valence-electron chi connectivity index (χ3n) is 19.8. The maximum absolute atomic E-state index is 15.0. The smallest absolute Gasteiger partial charge is 0.305 e. The number of benzene rings is 4. The van der Waals surface area contributed by atoms with E-state index >= 15 is 14.4 Å². The SMILES string of the molecule is CCCC[C@@H]1NC(=O)[C@H](Cc2c[nH]c3ccccc23)NC(=O)[C@H](CC(=O)O)NC(=O)[C@@H]2CCCN2C(=O)CNC(=O)[C@H](CO)NC(=O)[C@H]([C@@H](C)CC)NC(=O)[C@H](Cc2ccc3ccccc3c2)NC(=O)CSC[C@@H](C(N)=O)NC(=O)[C@H](C(C)C)NC(=O)[C@H](Cc2c[nH]c3ccccc23)NC(=O)[C@H](CCCCN)NC1=O. The van der Waals surface area contributed by atoms with Crippen LogP contribution in [0.3, 0.4) is 0 Å².